The van der Waals surface area contributed by atoms with Crippen LogP contribution in [0.1, 0.15) is 48.8 Å². The van der Waals surface area contributed by atoms with E-state index < -0.39 is 0 Å². The van der Waals surface area contributed by atoms with E-state index >= 15 is 0 Å². The predicted octanol–water partition coefficient (Wildman–Crippen LogP) is 3.70. The van der Waals surface area contributed by atoms with Crippen LogP contribution in [-0.4, -0.2) is 28.8 Å². The Kier molecular flexibility index (Phi) is 7.14. The van der Waals surface area contributed by atoms with Crippen LogP contribution in [0.4, 0.5) is 0 Å². The fourth-order valence-corrected chi connectivity index (χ4v) is 3.20. The van der Waals surface area contributed by atoms with Crippen LogP contribution in [0, 0.1) is 0 Å². The Morgan fingerprint density at radius 1 is 1.10 bits per heavy atom. The summed E-state index contributed by atoms with van der Waals surface area (Å²) in [4.78, 5) is 25.2. The minimum atomic E-state index is -0.276. The zero-order valence-corrected chi connectivity index (χ0v) is 16.9. The van der Waals surface area contributed by atoms with Crippen LogP contribution in [0.2, 0.25) is 0 Å². The summed E-state index contributed by atoms with van der Waals surface area (Å²) in [6, 6.07) is 17.1. The van der Waals surface area contributed by atoms with Gasteiger partial charge in [0.2, 0.25) is 0 Å². The molecular weight excluding hydrogens is 366 g/mol. The second-order valence-electron chi connectivity index (χ2n) is 6.96. The normalized spacial score (nSPS) is 12.1. The standard InChI is InChI=1S/C23H27N3O3/c1-3-15-26-23(28)20-13-8-7-12-19(20)21(25-26)22(27)24-14-9-16-29-17(2)18-10-5-4-6-11-18/h4-8,10-13,17H,3,9,14-16H2,1-2H3,(H,24,27). The summed E-state index contributed by atoms with van der Waals surface area (Å²) in [5.74, 6) is -0.276. The van der Waals surface area contributed by atoms with Crippen LogP contribution < -0.4 is 10.9 Å². The van der Waals surface area contributed by atoms with Crippen molar-refractivity contribution in [1.29, 1.82) is 0 Å². The first-order chi connectivity index (χ1) is 14.1. The number of hydrogen-bond donors (Lipinski definition) is 1. The van der Waals surface area contributed by atoms with Crippen molar-refractivity contribution in [2.45, 2.75) is 39.3 Å². The molecule has 0 saturated heterocycles. The molecule has 0 aliphatic heterocycles. The number of benzene rings is 2. The maximum atomic E-state index is 12.7. The molecule has 1 atom stereocenters. The highest BCUT2D eigenvalue weighted by molar-refractivity contribution is 6.04. The van der Waals surface area contributed by atoms with Crippen LogP contribution in [0.25, 0.3) is 10.8 Å². The molecule has 3 aromatic rings. The quantitative estimate of drug-likeness (QED) is 0.563. The number of aromatic nitrogens is 2. The molecule has 2 aromatic carbocycles. The van der Waals surface area contributed by atoms with E-state index in [1.165, 1.54) is 4.68 Å². The molecule has 6 heteroatoms. The molecule has 0 aliphatic rings. The molecule has 3 rings (SSSR count). The Labute approximate surface area is 170 Å². The summed E-state index contributed by atoms with van der Waals surface area (Å²) in [5, 5.41) is 8.31. The van der Waals surface area contributed by atoms with Gasteiger partial charge in [0.1, 0.15) is 0 Å². The minimum Gasteiger partial charge on any atom is -0.374 e. The van der Waals surface area contributed by atoms with Gasteiger partial charge in [0.25, 0.3) is 11.5 Å². The molecule has 0 fully saturated rings. The molecule has 1 unspecified atom stereocenters. The maximum Gasteiger partial charge on any atom is 0.274 e. The van der Waals surface area contributed by atoms with E-state index in [4.69, 9.17) is 4.74 Å². The number of carbonyl (C=O) groups is 1. The number of amides is 1. The van der Waals surface area contributed by atoms with Crippen LogP contribution in [0.15, 0.2) is 59.4 Å². The van der Waals surface area contributed by atoms with Crippen LogP contribution in [0.3, 0.4) is 0 Å². The third-order valence-corrected chi connectivity index (χ3v) is 4.76. The highest BCUT2D eigenvalue weighted by Gasteiger charge is 2.16. The Morgan fingerprint density at radius 2 is 1.79 bits per heavy atom. The van der Waals surface area contributed by atoms with Crippen molar-refractivity contribution >= 4 is 16.7 Å². The minimum absolute atomic E-state index is 0.00936. The molecule has 6 nitrogen and oxygen atoms in total. The number of nitrogens with one attached hydrogen (secondary N) is 1. The monoisotopic (exact) mass is 393 g/mol. The van der Waals surface area contributed by atoms with Crippen molar-refractivity contribution in [2.75, 3.05) is 13.2 Å². The van der Waals surface area contributed by atoms with E-state index in [1.54, 1.807) is 18.2 Å². The van der Waals surface area contributed by atoms with Gasteiger partial charge in [-0.3, -0.25) is 9.59 Å². The molecule has 29 heavy (non-hydrogen) atoms. The van der Waals surface area contributed by atoms with E-state index in [0.717, 1.165) is 12.0 Å². The fourth-order valence-electron chi connectivity index (χ4n) is 3.20. The Bertz CT molecular complexity index is 1010. The third kappa shape index (κ3) is 5.09. The molecule has 0 saturated carbocycles. The highest BCUT2D eigenvalue weighted by atomic mass is 16.5. The SMILES string of the molecule is CCCn1nc(C(=O)NCCCOC(C)c2ccccc2)c2ccccc2c1=O. The molecule has 1 aromatic heterocycles. The average Bonchev–Trinajstić information content (AvgIpc) is 2.76. The lowest BCUT2D eigenvalue weighted by Gasteiger charge is -2.14. The Hall–Kier alpha value is -2.99. The third-order valence-electron chi connectivity index (χ3n) is 4.76. The van der Waals surface area contributed by atoms with E-state index in [9.17, 15) is 9.59 Å². The molecule has 0 radical (unpaired) electrons. The maximum absolute atomic E-state index is 12.7. The van der Waals surface area contributed by atoms with Crippen LogP contribution >= 0.6 is 0 Å². The van der Waals surface area contributed by atoms with Gasteiger partial charge < -0.3 is 10.1 Å². The lowest BCUT2D eigenvalue weighted by atomic mass is 10.1. The fraction of sp³-hybridized carbons (Fsp3) is 0.348. The summed E-state index contributed by atoms with van der Waals surface area (Å²) in [5.41, 5.74) is 1.25. The summed E-state index contributed by atoms with van der Waals surface area (Å²) in [7, 11) is 0. The molecule has 1 amide bonds. The number of ether oxygens (including phenoxy) is 1. The second kappa shape index (κ2) is 9.98. The Balaban J connectivity index is 1.60. The largest absolute Gasteiger partial charge is 0.374 e. The average molecular weight is 393 g/mol. The number of hydrogen-bond acceptors (Lipinski definition) is 4. The van der Waals surface area contributed by atoms with Crippen LogP contribution in [-0.2, 0) is 11.3 Å². The lowest BCUT2D eigenvalue weighted by Crippen LogP contribution is -2.31. The van der Waals surface area contributed by atoms with E-state index in [-0.39, 0.29) is 23.3 Å². The van der Waals surface area contributed by atoms with Crippen molar-refractivity contribution in [3.05, 3.63) is 76.2 Å². The van der Waals surface area contributed by atoms with Gasteiger partial charge in [-0.25, -0.2) is 4.68 Å². The van der Waals surface area contributed by atoms with Gasteiger partial charge in [-0.05, 0) is 31.4 Å². The number of rotatable bonds is 9. The summed E-state index contributed by atoms with van der Waals surface area (Å²) >= 11 is 0. The topological polar surface area (TPSA) is 73.2 Å². The lowest BCUT2D eigenvalue weighted by molar-refractivity contribution is 0.0634. The first-order valence-electron chi connectivity index (χ1n) is 10.1. The van der Waals surface area contributed by atoms with Crippen molar-refractivity contribution in [3.63, 3.8) is 0 Å². The zero-order chi connectivity index (χ0) is 20.6. The predicted molar refractivity (Wildman–Crippen MR) is 114 cm³/mol. The molecule has 152 valence electrons. The highest BCUT2D eigenvalue weighted by Crippen LogP contribution is 2.16. The van der Waals surface area contributed by atoms with Crippen molar-refractivity contribution in [1.82, 2.24) is 15.1 Å². The second-order valence-corrected chi connectivity index (χ2v) is 6.96. The van der Waals surface area contributed by atoms with Gasteiger partial charge in [-0.2, -0.15) is 5.10 Å². The van der Waals surface area contributed by atoms with Crippen molar-refractivity contribution < 1.29 is 9.53 Å². The van der Waals surface area contributed by atoms with Gasteiger partial charge in [0.05, 0.1) is 11.5 Å². The molecule has 0 spiro atoms. The summed E-state index contributed by atoms with van der Waals surface area (Å²) in [6.07, 6.45) is 1.47. The molecule has 1 N–H and O–H groups in total. The van der Waals surface area contributed by atoms with Gasteiger partial charge in [-0.15, -0.1) is 0 Å². The molecule has 0 bridgehead atoms. The zero-order valence-electron chi connectivity index (χ0n) is 16.9. The van der Waals surface area contributed by atoms with Crippen molar-refractivity contribution in [2.24, 2.45) is 0 Å². The van der Waals surface area contributed by atoms with Gasteiger partial charge in [-0.1, -0.05) is 55.5 Å². The van der Waals surface area contributed by atoms with Crippen LogP contribution in [0.5, 0.6) is 0 Å². The van der Waals surface area contributed by atoms with E-state index in [2.05, 4.69) is 10.4 Å². The van der Waals surface area contributed by atoms with Crippen molar-refractivity contribution in [3.8, 4) is 0 Å². The number of fused-ring (bicyclic) bond motifs is 1. The number of aryl methyl sites for hydroxylation is 1. The Morgan fingerprint density at radius 3 is 2.52 bits per heavy atom. The van der Waals surface area contributed by atoms with Gasteiger partial charge >= 0.3 is 0 Å². The molecule has 0 aliphatic carbocycles. The van der Waals surface area contributed by atoms with E-state index in [0.29, 0.717) is 36.9 Å². The summed E-state index contributed by atoms with van der Waals surface area (Å²) in [6.45, 7) is 5.48. The summed E-state index contributed by atoms with van der Waals surface area (Å²) < 4.78 is 7.22. The molecule has 1 heterocycles. The van der Waals surface area contributed by atoms with Gasteiger partial charge in [0, 0.05) is 25.1 Å². The number of nitrogens with zero attached hydrogens (tertiary/aromatic N) is 2. The first kappa shape index (κ1) is 20.7. The van der Waals surface area contributed by atoms with Gasteiger partial charge in [0.15, 0.2) is 5.69 Å². The molecular formula is C23H27N3O3. The first-order valence-corrected chi connectivity index (χ1v) is 10.1. The smallest absolute Gasteiger partial charge is 0.274 e. The van der Waals surface area contributed by atoms with E-state index in [1.807, 2.05) is 50.2 Å². The number of carbonyl (C=O) groups excluding carboxylic acids is 1.